The van der Waals surface area contributed by atoms with Gasteiger partial charge >= 0.3 is 0 Å². The summed E-state index contributed by atoms with van der Waals surface area (Å²) in [5.41, 5.74) is 7.38. The first-order valence-electron chi connectivity index (χ1n) is 7.50. The van der Waals surface area contributed by atoms with E-state index in [1.54, 1.807) is 6.92 Å². The molecule has 3 rings (SSSR count). The fraction of sp³-hybridized carbons (Fsp3) is 0.263. The van der Waals surface area contributed by atoms with Gasteiger partial charge in [0.15, 0.2) is 0 Å². The van der Waals surface area contributed by atoms with Crippen molar-refractivity contribution in [2.45, 2.75) is 34.1 Å². The van der Waals surface area contributed by atoms with Gasteiger partial charge in [0.2, 0.25) is 11.8 Å². The molecule has 0 saturated carbocycles. The molecule has 1 aromatic heterocycles. The average Bonchev–Trinajstić information content (AvgIpc) is 2.84. The second-order valence-corrected chi connectivity index (χ2v) is 5.85. The minimum atomic E-state index is 0.574. The van der Waals surface area contributed by atoms with E-state index in [0.29, 0.717) is 11.8 Å². The van der Waals surface area contributed by atoms with Crippen LogP contribution in [0.2, 0.25) is 0 Å². The Morgan fingerprint density at radius 3 is 2.55 bits per heavy atom. The van der Waals surface area contributed by atoms with E-state index in [1.165, 1.54) is 27.8 Å². The number of hydrogen-bond donors (Lipinski definition) is 0. The molecule has 0 fully saturated rings. The average molecular weight is 292 g/mol. The second-order valence-electron chi connectivity index (χ2n) is 5.85. The molecular formula is C19H20N2O. The molecule has 1 heterocycles. The zero-order chi connectivity index (χ0) is 15.7. The van der Waals surface area contributed by atoms with E-state index in [4.69, 9.17) is 4.42 Å². The molecule has 3 heteroatoms. The maximum absolute atomic E-state index is 5.51. The molecule has 0 atom stereocenters. The first kappa shape index (κ1) is 14.5. The summed E-state index contributed by atoms with van der Waals surface area (Å²) in [6.45, 7) is 8.26. The maximum atomic E-state index is 5.51. The molecule has 1 aromatic carbocycles. The van der Waals surface area contributed by atoms with Gasteiger partial charge < -0.3 is 4.42 Å². The Labute approximate surface area is 131 Å². The van der Waals surface area contributed by atoms with Gasteiger partial charge in [-0.2, -0.15) is 0 Å². The Morgan fingerprint density at radius 1 is 1.05 bits per heavy atom. The van der Waals surface area contributed by atoms with Crippen molar-refractivity contribution < 1.29 is 4.42 Å². The van der Waals surface area contributed by atoms with Gasteiger partial charge in [0.25, 0.3) is 0 Å². The summed E-state index contributed by atoms with van der Waals surface area (Å²) in [6.07, 6.45) is 7.73. The third-order valence-corrected chi connectivity index (χ3v) is 3.91. The van der Waals surface area contributed by atoms with Crippen molar-refractivity contribution >= 4 is 5.57 Å². The highest BCUT2D eigenvalue weighted by atomic mass is 16.4. The molecule has 112 valence electrons. The largest absolute Gasteiger partial charge is 0.421 e. The lowest BCUT2D eigenvalue weighted by Crippen LogP contribution is -1.91. The number of aryl methyl sites for hydroxylation is 2. The van der Waals surface area contributed by atoms with Gasteiger partial charge in [0.05, 0.1) is 0 Å². The van der Waals surface area contributed by atoms with E-state index in [9.17, 15) is 0 Å². The molecule has 0 N–H and O–H groups in total. The predicted octanol–water partition coefficient (Wildman–Crippen LogP) is 5.03. The molecule has 0 bridgehead atoms. The van der Waals surface area contributed by atoms with Gasteiger partial charge in [-0.3, -0.25) is 0 Å². The van der Waals surface area contributed by atoms with Gasteiger partial charge in [0.1, 0.15) is 0 Å². The molecule has 0 amide bonds. The van der Waals surface area contributed by atoms with Gasteiger partial charge in [-0.05, 0) is 61.6 Å². The lowest BCUT2D eigenvalue weighted by molar-refractivity contribution is 0.532. The first-order chi connectivity index (χ1) is 10.5. The molecule has 0 saturated heterocycles. The van der Waals surface area contributed by atoms with Crippen molar-refractivity contribution in [3.8, 4) is 11.5 Å². The van der Waals surface area contributed by atoms with Crippen molar-refractivity contribution in [2.75, 3.05) is 0 Å². The lowest BCUT2D eigenvalue weighted by atomic mass is 9.94. The quantitative estimate of drug-likeness (QED) is 0.779. The summed E-state index contributed by atoms with van der Waals surface area (Å²) in [6, 6.07) is 6.31. The molecule has 2 aromatic rings. The Morgan fingerprint density at radius 2 is 1.86 bits per heavy atom. The van der Waals surface area contributed by atoms with Gasteiger partial charge in [-0.25, -0.2) is 0 Å². The number of nitrogens with zero attached hydrogens (tertiary/aromatic N) is 2. The number of rotatable bonds is 2. The van der Waals surface area contributed by atoms with E-state index in [2.05, 4.69) is 61.3 Å². The van der Waals surface area contributed by atoms with E-state index >= 15 is 0 Å². The van der Waals surface area contributed by atoms with Crippen molar-refractivity contribution in [3.63, 3.8) is 0 Å². The molecule has 3 nitrogen and oxygen atoms in total. The van der Waals surface area contributed by atoms with E-state index in [0.717, 1.165) is 12.0 Å². The molecule has 1 aliphatic rings. The first-order valence-corrected chi connectivity index (χ1v) is 7.50. The Kier molecular flexibility index (Phi) is 3.80. The maximum Gasteiger partial charge on any atom is 0.247 e. The zero-order valence-corrected chi connectivity index (χ0v) is 13.5. The van der Waals surface area contributed by atoms with Gasteiger partial charge in [-0.15, -0.1) is 10.2 Å². The monoisotopic (exact) mass is 292 g/mol. The normalized spacial score (nSPS) is 15.0. The van der Waals surface area contributed by atoms with Crippen LogP contribution in [-0.4, -0.2) is 10.2 Å². The Balaban J connectivity index is 2.06. The SMILES string of the molecule is CC1=CC(c2ccc(-c3nnc(C)o3)cc2C)=C(C)C=CC1. The van der Waals surface area contributed by atoms with Crippen LogP contribution in [0.1, 0.15) is 37.3 Å². The van der Waals surface area contributed by atoms with Crippen LogP contribution in [0.5, 0.6) is 0 Å². The van der Waals surface area contributed by atoms with E-state index < -0.39 is 0 Å². The smallest absolute Gasteiger partial charge is 0.247 e. The lowest BCUT2D eigenvalue weighted by Gasteiger charge is -2.11. The third kappa shape index (κ3) is 2.80. The number of benzene rings is 1. The van der Waals surface area contributed by atoms with Gasteiger partial charge in [0, 0.05) is 12.5 Å². The molecule has 0 radical (unpaired) electrons. The van der Waals surface area contributed by atoms with Crippen LogP contribution in [0, 0.1) is 13.8 Å². The molecule has 0 aliphatic heterocycles. The summed E-state index contributed by atoms with van der Waals surface area (Å²) in [7, 11) is 0. The minimum absolute atomic E-state index is 0.574. The van der Waals surface area contributed by atoms with Crippen LogP contribution in [0.3, 0.4) is 0 Å². The summed E-state index contributed by atoms with van der Waals surface area (Å²) < 4.78 is 5.51. The van der Waals surface area contributed by atoms with Gasteiger partial charge in [-0.1, -0.05) is 29.9 Å². The summed E-state index contributed by atoms with van der Waals surface area (Å²) in [4.78, 5) is 0. The molecule has 0 unspecified atom stereocenters. The number of allylic oxidation sites excluding steroid dienone is 6. The van der Waals surface area contributed by atoms with Crippen LogP contribution in [-0.2, 0) is 0 Å². The Bertz CT molecular complexity index is 807. The highest BCUT2D eigenvalue weighted by Crippen LogP contribution is 2.30. The van der Waals surface area contributed by atoms with Crippen molar-refractivity contribution in [1.82, 2.24) is 10.2 Å². The van der Waals surface area contributed by atoms with Crippen LogP contribution in [0.15, 0.2) is 52.0 Å². The predicted molar refractivity (Wildman–Crippen MR) is 89.3 cm³/mol. The summed E-state index contributed by atoms with van der Waals surface area (Å²) in [5.74, 6) is 1.16. The second kappa shape index (κ2) is 5.76. The summed E-state index contributed by atoms with van der Waals surface area (Å²) >= 11 is 0. The van der Waals surface area contributed by atoms with E-state index in [-0.39, 0.29) is 0 Å². The van der Waals surface area contributed by atoms with Crippen molar-refractivity contribution in [3.05, 3.63) is 64.6 Å². The zero-order valence-electron chi connectivity index (χ0n) is 13.5. The Hall–Kier alpha value is -2.42. The third-order valence-electron chi connectivity index (χ3n) is 3.91. The summed E-state index contributed by atoms with van der Waals surface area (Å²) in [5, 5.41) is 7.98. The van der Waals surface area contributed by atoms with Crippen molar-refractivity contribution in [2.24, 2.45) is 0 Å². The van der Waals surface area contributed by atoms with Crippen LogP contribution in [0.25, 0.3) is 17.0 Å². The van der Waals surface area contributed by atoms with Crippen LogP contribution >= 0.6 is 0 Å². The molecular weight excluding hydrogens is 272 g/mol. The molecule has 1 aliphatic carbocycles. The van der Waals surface area contributed by atoms with Crippen molar-refractivity contribution in [1.29, 1.82) is 0 Å². The van der Waals surface area contributed by atoms with Crippen LogP contribution in [0.4, 0.5) is 0 Å². The standard InChI is InChI=1S/C19H20N2O/c1-12-6-5-7-13(2)18(10-12)17-9-8-16(11-14(17)3)19-21-20-15(4)22-19/h5,7-11H,6H2,1-4H3. The number of aromatic nitrogens is 2. The topological polar surface area (TPSA) is 38.9 Å². The minimum Gasteiger partial charge on any atom is -0.421 e. The fourth-order valence-electron chi connectivity index (χ4n) is 2.73. The molecule has 22 heavy (non-hydrogen) atoms. The van der Waals surface area contributed by atoms with Crippen LogP contribution < -0.4 is 0 Å². The highest BCUT2D eigenvalue weighted by Gasteiger charge is 2.11. The number of hydrogen-bond acceptors (Lipinski definition) is 3. The molecule has 0 spiro atoms. The highest BCUT2D eigenvalue weighted by molar-refractivity contribution is 5.82. The van der Waals surface area contributed by atoms with E-state index in [1.807, 2.05) is 6.07 Å². The fourth-order valence-corrected chi connectivity index (χ4v) is 2.73.